The van der Waals surface area contributed by atoms with E-state index in [1.165, 1.54) is 0 Å². The molecule has 0 aliphatic carbocycles. The first-order valence-corrected chi connectivity index (χ1v) is 6.73. The van der Waals surface area contributed by atoms with Crippen molar-refractivity contribution in [3.8, 4) is 0 Å². The summed E-state index contributed by atoms with van der Waals surface area (Å²) in [4.78, 5) is 18.0. The molecule has 0 spiro atoms. The largest absolute Gasteiger partial charge is 0.388 e. The molecule has 20 heavy (non-hydrogen) atoms. The number of hydrogen-bond donors (Lipinski definition) is 2. The van der Waals surface area contributed by atoms with Gasteiger partial charge in [0.15, 0.2) is 0 Å². The molecule has 1 amide bonds. The highest BCUT2D eigenvalue weighted by molar-refractivity contribution is 5.99. The number of hydrogen-bond acceptors (Lipinski definition) is 5. The molecule has 0 unspecified atom stereocenters. The van der Waals surface area contributed by atoms with Gasteiger partial charge in [0.05, 0.1) is 11.2 Å². The van der Waals surface area contributed by atoms with Gasteiger partial charge in [-0.05, 0) is 6.07 Å². The Morgan fingerprint density at radius 2 is 2.25 bits per heavy atom. The smallest absolute Gasteiger partial charge is 0.257 e. The second-order valence-electron chi connectivity index (χ2n) is 5.17. The summed E-state index contributed by atoms with van der Waals surface area (Å²) in [6.07, 6.45) is 4.28. The van der Waals surface area contributed by atoms with Gasteiger partial charge in [0.2, 0.25) is 0 Å². The number of carbonyl (C=O) groups is 1. The van der Waals surface area contributed by atoms with Crippen molar-refractivity contribution < 1.29 is 14.6 Å². The van der Waals surface area contributed by atoms with Gasteiger partial charge in [-0.3, -0.25) is 9.78 Å². The van der Waals surface area contributed by atoms with Crippen LogP contribution in [0.1, 0.15) is 23.2 Å². The average molecular weight is 279 g/mol. The molecule has 1 fully saturated rings. The molecule has 2 heterocycles. The lowest BCUT2D eigenvalue weighted by Gasteiger charge is -2.35. The minimum absolute atomic E-state index is 0.151. The summed E-state index contributed by atoms with van der Waals surface area (Å²) in [5.74, 6) is -0.151. The first kappa shape index (κ1) is 14.7. The third-order valence-electron chi connectivity index (χ3n) is 3.62. The molecule has 2 N–H and O–H groups in total. The van der Waals surface area contributed by atoms with Crippen LogP contribution in [0.15, 0.2) is 18.5 Å². The number of aliphatic hydroxyl groups is 1. The van der Waals surface area contributed by atoms with E-state index in [0.717, 1.165) is 5.69 Å². The number of nitrogens with one attached hydrogen (secondary N) is 1. The van der Waals surface area contributed by atoms with E-state index in [1.54, 1.807) is 37.5 Å². The third kappa shape index (κ3) is 3.26. The summed E-state index contributed by atoms with van der Waals surface area (Å²) >= 11 is 0. The zero-order chi connectivity index (χ0) is 14.6. The molecule has 1 aliphatic rings. The lowest BCUT2D eigenvalue weighted by molar-refractivity contribution is -0.0734. The number of carbonyl (C=O) groups excluding carboxylic acids is 1. The highest BCUT2D eigenvalue weighted by atomic mass is 16.5. The Labute approximate surface area is 118 Å². The zero-order valence-electron chi connectivity index (χ0n) is 11.9. The van der Waals surface area contributed by atoms with Gasteiger partial charge in [-0.1, -0.05) is 0 Å². The van der Waals surface area contributed by atoms with E-state index in [0.29, 0.717) is 38.2 Å². The van der Waals surface area contributed by atoms with Crippen molar-refractivity contribution in [1.82, 2.24) is 9.88 Å². The fraction of sp³-hybridized carbons (Fsp3) is 0.571. The van der Waals surface area contributed by atoms with Crippen molar-refractivity contribution in [2.24, 2.45) is 0 Å². The molecule has 110 valence electrons. The Morgan fingerprint density at radius 1 is 1.55 bits per heavy atom. The predicted molar refractivity (Wildman–Crippen MR) is 75.7 cm³/mol. The summed E-state index contributed by atoms with van der Waals surface area (Å²) in [6, 6.07) is 1.75. The zero-order valence-corrected chi connectivity index (χ0v) is 11.9. The van der Waals surface area contributed by atoms with E-state index < -0.39 is 5.60 Å². The molecule has 6 nitrogen and oxygen atoms in total. The predicted octanol–water partition coefficient (Wildman–Crippen LogP) is 0.737. The van der Waals surface area contributed by atoms with Crippen molar-refractivity contribution in [3.05, 3.63) is 24.0 Å². The summed E-state index contributed by atoms with van der Waals surface area (Å²) in [5, 5.41) is 13.4. The monoisotopic (exact) mass is 279 g/mol. The Hall–Kier alpha value is -1.66. The summed E-state index contributed by atoms with van der Waals surface area (Å²) in [5.41, 5.74) is 0.383. The van der Waals surface area contributed by atoms with E-state index in [-0.39, 0.29) is 5.91 Å². The number of nitrogens with zero attached hydrogens (tertiary/aromatic N) is 2. The summed E-state index contributed by atoms with van der Waals surface area (Å²) < 4.78 is 5.24. The van der Waals surface area contributed by atoms with Crippen LogP contribution in [0.3, 0.4) is 0 Å². The molecule has 0 radical (unpaired) electrons. The van der Waals surface area contributed by atoms with Crippen LogP contribution in [0.5, 0.6) is 0 Å². The molecule has 1 saturated heterocycles. The van der Waals surface area contributed by atoms with E-state index in [4.69, 9.17) is 4.74 Å². The SMILES string of the molecule is CNc1ccncc1C(=O)N(C)CC1(O)CCOCC1. The molecule has 0 aromatic carbocycles. The number of anilines is 1. The number of ether oxygens (including phenoxy) is 1. The normalized spacial score (nSPS) is 17.6. The van der Waals surface area contributed by atoms with Crippen molar-refractivity contribution >= 4 is 11.6 Å². The van der Waals surface area contributed by atoms with E-state index in [1.807, 2.05) is 0 Å². The number of aromatic nitrogens is 1. The second kappa shape index (κ2) is 6.19. The van der Waals surface area contributed by atoms with Gasteiger partial charge >= 0.3 is 0 Å². The molecule has 0 saturated carbocycles. The van der Waals surface area contributed by atoms with Crippen LogP contribution in [0.2, 0.25) is 0 Å². The van der Waals surface area contributed by atoms with Gasteiger partial charge in [0, 0.05) is 64.8 Å². The van der Waals surface area contributed by atoms with Crippen LogP contribution >= 0.6 is 0 Å². The van der Waals surface area contributed by atoms with Crippen LogP contribution in [0, 0.1) is 0 Å². The van der Waals surface area contributed by atoms with Crippen LogP contribution in [-0.2, 0) is 4.74 Å². The van der Waals surface area contributed by atoms with Gasteiger partial charge in [0.25, 0.3) is 5.91 Å². The maximum absolute atomic E-state index is 12.4. The van der Waals surface area contributed by atoms with Gasteiger partial charge in [0.1, 0.15) is 0 Å². The third-order valence-corrected chi connectivity index (χ3v) is 3.62. The second-order valence-corrected chi connectivity index (χ2v) is 5.17. The van der Waals surface area contributed by atoms with E-state index >= 15 is 0 Å². The molecule has 1 aromatic heterocycles. The lowest BCUT2D eigenvalue weighted by atomic mass is 9.93. The Balaban J connectivity index is 2.08. The van der Waals surface area contributed by atoms with E-state index in [9.17, 15) is 9.90 Å². The molecule has 6 heteroatoms. The van der Waals surface area contributed by atoms with Crippen molar-refractivity contribution in [2.75, 3.05) is 39.2 Å². The Kier molecular flexibility index (Phi) is 4.57. The molecule has 0 bridgehead atoms. The van der Waals surface area contributed by atoms with Gasteiger partial charge in [-0.2, -0.15) is 0 Å². The van der Waals surface area contributed by atoms with Crippen LogP contribution in [0.25, 0.3) is 0 Å². The van der Waals surface area contributed by atoms with Gasteiger partial charge in [-0.15, -0.1) is 0 Å². The van der Waals surface area contributed by atoms with Crippen molar-refractivity contribution in [2.45, 2.75) is 18.4 Å². The molecule has 1 aromatic rings. The molecular weight excluding hydrogens is 258 g/mol. The van der Waals surface area contributed by atoms with Crippen molar-refractivity contribution in [3.63, 3.8) is 0 Å². The van der Waals surface area contributed by atoms with E-state index in [2.05, 4.69) is 10.3 Å². The minimum atomic E-state index is -0.856. The topological polar surface area (TPSA) is 74.7 Å². The Bertz CT molecular complexity index is 472. The van der Waals surface area contributed by atoms with Gasteiger partial charge in [-0.25, -0.2) is 0 Å². The number of rotatable bonds is 4. The lowest BCUT2D eigenvalue weighted by Crippen LogP contribution is -2.47. The fourth-order valence-electron chi connectivity index (χ4n) is 2.41. The molecule has 0 atom stereocenters. The number of pyridine rings is 1. The van der Waals surface area contributed by atoms with Crippen LogP contribution in [0.4, 0.5) is 5.69 Å². The first-order valence-electron chi connectivity index (χ1n) is 6.73. The highest BCUT2D eigenvalue weighted by Gasteiger charge is 2.32. The first-order chi connectivity index (χ1) is 9.56. The Morgan fingerprint density at radius 3 is 2.90 bits per heavy atom. The molecule has 1 aliphatic heterocycles. The van der Waals surface area contributed by atoms with Gasteiger partial charge < -0.3 is 20.1 Å². The average Bonchev–Trinajstić information content (AvgIpc) is 2.46. The summed E-state index contributed by atoms with van der Waals surface area (Å²) in [6.45, 7) is 1.37. The molecular formula is C14H21N3O3. The quantitative estimate of drug-likeness (QED) is 0.850. The number of amides is 1. The van der Waals surface area contributed by atoms with Crippen LogP contribution in [-0.4, -0.2) is 60.4 Å². The maximum atomic E-state index is 12.4. The maximum Gasteiger partial charge on any atom is 0.257 e. The molecule has 2 rings (SSSR count). The summed E-state index contributed by atoms with van der Waals surface area (Å²) in [7, 11) is 3.46. The van der Waals surface area contributed by atoms with Crippen LogP contribution < -0.4 is 5.32 Å². The highest BCUT2D eigenvalue weighted by Crippen LogP contribution is 2.23. The standard InChI is InChI=1S/C14H21N3O3/c1-15-12-3-6-16-9-11(12)13(18)17(2)10-14(19)4-7-20-8-5-14/h3,6,9,19H,4-5,7-8,10H2,1-2H3,(H,15,16). The minimum Gasteiger partial charge on any atom is -0.388 e. The fourth-order valence-corrected chi connectivity index (χ4v) is 2.41. The number of likely N-dealkylation sites (N-methyl/N-ethyl adjacent to an activating group) is 1. The van der Waals surface area contributed by atoms with Crippen molar-refractivity contribution in [1.29, 1.82) is 0 Å².